The summed E-state index contributed by atoms with van der Waals surface area (Å²) in [5.74, 6) is 1.64. The number of hydrogen-bond donors (Lipinski definition) is 2. The minimum atomic E-state index is 0. The number of nitrogens with one attached hydrogen (secondary N) is 2. The van der Waals surface area contributed by atoms with E-state index in [0.717, 1.165) is 24.2 Å². The van der Waals surface area contributed by atoms with Crippen LogP contribution in [-0.2, 0) is 29.9 Å². The molecule has 2 N–H and O–H groups in total. The van der Waals surface area contributed by atoms with E-state index in [9.17, 15) is 0 Å². The van der Waals surface area contributed by atoms with Crippen LogP contribution in [-0.4, -0.2) is 4.98 Å². The largest absolute Gasteiger partial charge is 2.00 e. The molecule has 45 heavy (non-hydrogen) atoms. The third-order valence-corrected chi connectivity index (χ3v) is 8.17. The van der Waals surface area contributed by atoms with E-state index in [-0.39, 0.29) is 54.0 Å². The second-order valence-corrected chi connectivity index (χ2v) is 13.1. The molecule has 2 atom stereocenters. The molecule has 1 heterocycles. The summed E-state index contributed by atoms with van der Waals surface area (Å²) >= 11 is 0. The minimum absolute atomic E-state index is 0. The van der Waals surface area contributed by atoms with Crippen LogP contribution in [0.25, 0.3) is 0 Å². The summed E-state index contributed by atoms with van der Waals surface area (Å²) in [6.07, 6.45) is 5.76. The van der Waals surface area contributed by atoms with E-state index >= 15 is 0 Å². The summed E-state index contributed by atoms with van der Waals surface area (Å²) in [7, 11) is 0. The van der Waals surface area contributed by atoms with Crippen molar-refractivity contribution in [1.82, 2.24) is 4.98 Å². The maximum absolute atomic E-state index is 5.21. The average Bonchev–Trinajstić information content (AvgIpc) is 2.93. The normalized spacial score (nSPS) is 12.2. The van der Waals surface area contributed by atoms with Gasteiger partial charge in [0.25, 0.3) is 0 Å². The summed E-state index contributed by atoms with van der Waals surface area (Å²) in [5, 5.41) is 7.79. The van der Waals surface area contributed by atoms with Gasteiger partial charge in [0.2, 0.25) is 0 Å². The number of allylic oxidation sites excluding steroid dienone is 2. The van der Waals surface area contributed by atoms with E-state index in [1.165, 1.54) is 44.8 Å². The molecule has 0 saturated heterocycles. The Morgan fingerprint density at radius 3 is 1.11 bits per heavy atom. The molecule has 6 heteroatoms. The van der Waals surface area contributed by atoms with Crippen molar-refractivity contribution in [1.29, 1.82) is 0 Å². The van der Waals surface area contributed by atoms with Crippen molar-refractivity contribution in [2.75, 3.05) is 10.6 Å². The fraction of sp³-hybridized carbons (Fsp3) is 0.462. The van der Waals surface area contributed by atoms with Crippen LogP contribution in [0.15, 0.2) is 67.8 Å². The molecular formula is C39H55Cl2FeN3. The van der Waals surface area contributed by atoms with Crippen LogP contribution in [0.3, 0.4) is 0 Å². The molecule has 3 nitrogen and oxygen atoms in total. The van der Waals surface area contributed by atoms with E-state index in [1.54, 1.807) is 0 Å². The molecule has 0 aliphatic rings. The molecule has 1 aromatic heterocycles. The zero-order valence-corrected chi connectivity index (χ0v) is 31.7. The molecule has 0 saturated carbocycles. The third-order valence-electron chi connectivity index (χ3n) is 8.17. The Balaban J connectivity index is 0.00000645. The maximum atomic E-state index is 5.21. The van der Waals surface area contributed by atoms with Crippen LogP contribution in [0.2, 0.25) is 0 Å². The smallest absolute Gasteiger partial charge is 1.00 e. The van der Waals surface area contributed by atoms with Gasteiger partial charge in [0, 0.05) is 11.4 Å². The number of nitrogens with zero attached hydrogens (tertiary/aromatic N) is 1. The molecule has 2 unspecified atom stereocenters. The van der Waals surface area contributed by atoms with Gasteiger partial charge in [-0.1, -0.05) is 97.9 Å². The quantitative estimate of drug-likeness (QED) is 0.176. The predicted molar refractivity (Wildman–Crippen MR) is 185 cm³/mol. The van der Waals surface area contributed by atoms with Crippen LogP contribution >= 0.6 is 0 Å². The van der Waals surface area contributed by atoms with Crippen LogP contribution in [0.1, 0.15) is 150 Å². The number of pyridine rings is 1. The monoisotopic (exact) mass is 691 g/mol. The molecule has 0 spiro atoms. The molecule has 248 valence electrons. The molecule has 3 rings (SSSR count). The molecule has 0 amide bonds. The summed E-state index contributed by atoms with van der Waals surface area (Å²) in [4.78, 5) is 5.21. The molecule has 0 radical (unpaired) electrons. The predicted octanol–water partition coefficient (Wildman–Crippen LogP) is 5.38. The van der Waals surface area contributed by atoms with Gasteiger partial charge in [0.1, 0.15) is 0 Å². The Hall–Kier alpha value is -2.23. The number of anilines is 2. The SMILES string of the molecule is C=CCc1cc(C(C)C)c(NC(C)c2cccc(C(C)Nc3c(C(C)C)cc(CC=C)cc3C(C)C)n2)c(C(C)C)c1.[Cl-].[Cl-].[Fe+2]. The second kappa shape index (κ2) is 19.4. The molecule has 0 fully saturated rings. The Morgan fingerprint density at radius 2 is 0.867 bits per heavy atom. The Bertz CT molecular complexity index is 1220. The van der Waals surface area contributed by atoms with Crippen molar-refractivity contribution >= 4 is 11.4 Å². The second-order valence-electron chi connectivity index (χ2n) is 13.1. The number of halogens is 2. The summed E-state index contributed by atoms with van der Waals surface area (Å²) in [6.45, 7) is 30.6. The van der Waals surface area contributed by atoms with Crippen LogP contribution < -0.4 is 35.4 Å². The molecule has 0 aliphatic heterocycles. The van der Waals surface area contributed by atoms with E-state index in [4.69, 9.17) is 4.98 Å². The molecule has 0 bridgehead atoms. The number of benzene rings is 2. The summed E-state index contributed by atoms with van der Waals surface area (Å²) < 4.78 is 0. The van der Waals surface area contributed by atoms with Crippen molar-refractivity contribution in [3.63, 3.8) is 0 Å². The third kappa shape index (κ3) is 10.9. The first kappa shape index (κ1) is 42.8. The van der Waals surface area contributed by atoms with E-state index < -0.39 is 0 Å². The van der Waals surface area contributed by atoms with Gasteiger partial charge >= 0.3 is 17.1 Å². The topological polar surface area (TPSA) is 37.0 Å². The van der Waals surface area contributed by atoms with Gasteiger partial charge in [0.15, 0.2) is 0 Å². The van der Waals surface area contributed by atoms with Gasteiger partial charge < -0.3 is 35.4 Å². The standard InChI is InChI=1S/C39H55N3.2ClH.Fe/c1-13-16-30-20-32(24(3)4)38(33(21-30)25(5)6)40-28(11)36-18-15-19-37(42-36)29(12)41-39-34(26(7)8)22-31(17-14-2)23-35(39)27(9)10;;;/h13-15,18-29,40-41H,1-2,16-17H2,3-12H3;2*1H;/q;;;+2/p-2. The van der Waals surface area contributed by atoms with Crippen LogP contribution in [0, 0.1) is 0 Å². The molecule has 2 aromatic carbocycles. The Labute approximate surface area is 297 Å². The zero-order valence-electron chi connectivity index (χ0n) is 29.0. The van der Waals surface area contributed by atoms with Gasteiger partial charge in [-0.05, 0) is 95.9 Å². The van der Waals surface area contributed by atoms with Crippen LogP contribution in [0.5, 0.6) is 0 Å². The first-order chi connectivity index (χ1) is 19.9. The van der Waals surface area contributed by atoms with Crippen molar-refractivity contribution < 1.29 is 41.9 Å². The summed E-state index contributed by atoms with van der Waals surface area (Å²) in [5.41, 5.74) is 12.7. The van der Waals surface area contributed by atoms with Gasteiger partial charge in [0.05, 0.1) is 23.5 Å². The fourth-order valence-electron chi connectivity index (χ4n) is 5.76. The molecular weight excluding hydrogens is 637 g/mol. The summed E-state index contributed by atoms with van der Waals surface area (Å²) in [6, 6.07) is 16.0. The number of aromatic nitrogens is 1. The van der Waals surface area contributed by atoms with Crippen LogP contribution in [0.4, 0.5) is 11.4 Å². The Morgan fingerprint density at radius 1 is 0.578 bits per heavy atom. The maximum Gasteiger partial charge on any atom is 2.00 e. The Kier molecular flexibility index (Phi) is 18.5. The van der Waals surface area contributed by atoms with Gasteiger partial charge in [-0.2, -0.15) is 0 Å². The number of rotatable bonds is 14. The zero-order chi connectivity index (χ0) is 31.1. The van der Waals surface area contributed by atoms with Crippen molar-refractivity contribution in [2.45, 2.75) is 118 Å². The first-order valence-electron chi connectivity index (χ1n) is 15.9. The van der Waals surface area contributed by atoms with Crippen molar-refractivity contribution in [3.8, 4) is 0 Å². The molecule has 3 aromatic rings. The van der Waals surface area contributed by atoms with E-state index in [1.807, 2.05) is 12.2 Å². The van der Waals surface area contributed by atoms with E-state index in [2.05, 4.69) is 135 Å². The van der Waals surface area contributed by atoms with Gasteiger partial charge in [-0.3, -0.25) is 4.98 Å². The van der Waals surface area contributed by atoms with E-state index in [0.29, 0.717) is 23.7 Å². The van der Waals surface area contributed by atoms with Crippen molar-refractivity contribution in [3.05, 3.63) is 113 Å². The minimum Gasteiger partial charge on any atom is -1.00 e. The first-order valence-corrected chi connectivity index (χ1v) is 15.9. The molecule has 0 aliphatic carbocycles. The van der Waals surface area contributed by atoms with Gasteiger partial charge in [-0.15, -0.1) is 13.2 Å². The van der Waals surface area contributed by atoms with Gasteiger partial charge in [-0.25, -0.2) is 0 Å². The average molecular weight is 693 g/mol. The number of hydrogen-bond acceptors (Lipinski definition) is 3. The van der Waals surface area contributed by atoms with Crippen molar-refractivity contribution in [2.24, 2.45) is 0 Å². The fourth-order valence-corrected chi connectivity index (χ4v) is 5.76.